The van der Waals surface area contributed by atoms with E-state index in [2.05, 4.69) is 9.72 Å². The van der Waals surface area contributed by atoms with Gasteiger partial charge in [-0.25, -0.2) is 4.98 Å². The van der Waals surface area contributed by atoms with Gasteiger partial charge in [0.2, 0.25) is 5.75 Å². The average Bonchev–Trinajstić information content (AvgIpc) is 2.17. The zero-order valence-electron chi connectivity index (χ0n) is 7.99. The van der Waals surface area contributed by atoms with E-state index in [0.29, 0.717) is 6.20 Å². The molecule has 0 fully saturated rings. The minimum Gasteiger partial charge on any atom is -0.397 e. The van der Waals surface area contributed by atoms with Crippen molar-refractivity contribution in [2.45, 2.75) is 6.36 Å². The molecule has 0 atom stereocenters. The third kappa shape index (κ3) is 3.41. The first kappa shape index (κ1) is 14.9. The number of hydrogen-bond acceptors (Lipinski definition) is 5. The van der Waals surface area contributed by atoms with Crippen LogP contribution in [0.25, 0.3) is 0 Å². The summed E-state index contributed by atoms with van der Waals surface area (Å²) in [6.45, 7) is 0. The van der Waals surface area contributed by atoms with Crippen LogP contribution in [0.4, 0.5) is 18.9 Å². The second-order valence-corrected chi connectivity index (χ2v) is 4.08. The summed E-state index contributed by atoms with van der Waals surface area (Å²) >= 11 is 6.51. The zero-order valence-corrected chi connectivity index (χ0v) is 10.9. The van der Waals surface area contributed by atoms with Crippen molar-refractivity contribution in [2.75, 3.05) is 0 Å². The number of nitro groups is 1. The van der Waals surface area contributed by atoms with Crippen LogP contribution in [0.2, 0.25) is 0 Å². The number of carbonyl (C=O) groups excluding carboxylic acids is 1. The summed E-state index contributed by atoms with van der Waals surface area (Å²) in [5.74, 6) is -1.20. The van der Waals surface area contributed by atoms with Gasteiger partial charge in [-0.3, -0.25) is 14.9 Å². The minimum absolute atomic E-state index is 0.200. The SMILES string of the molecule is O=C(Cl)c1c(I)ncc(OC(F)(F)F)c1[N+](=O)[O-]. The second kappa shape index (κ2) is 5.22. The Morgan fingerprint density at radius 3 is 2.50 bits per heavy atom. The number of aromatic nitrogens is 1. The number of pyridine rings is 1. The highest BCUT2D eigenvalue weighted by Crippen LogP contribution is 2.36. The molecule has 1 heterocycles. The van der Waals surface area contributed by atoms with Crippen LogP contribution in [0.1, 0.15) is 10.4 Å². The van der Waals surface area contributed by atoms with Crippen LogP contribution >= 0.6 is 34.2 Å². The Labute approximate surface area is 115 Å². The molecule has 11 heteroatoms. The molecule has 0 radical (unpaired) electrons. The Hall–Kier alpha value is -1.17. The van der Waals surface area contributed by atoms with Crippen molar-refractivity contribution in [2.24, 2.45) is 0 Å². The van der Waals surface area contributed by atoms with Crippen molar-refractivity contribution < 1.29 is 27.6 Å². The topological polar surface area (TPSA) is 82.3 Å². The van der Waals surface area contributed by atoms with Gasteiger partial charge in [0.25, 0.3) is 5.24 Å². The van der Waals surface area contributed by atoms with Gasteiger partial charge in [0.15, 0.2) is 0 Å². The minimum atomic E-state index is -5.15. The van der Waals surface area contributed by atoms with E-state index in [1.165, 1.54) is 22.6 Å². The van der Waals surface area contributed by atoms with Gasteiger partial charge < -0.3 is 4.74 Å². The quantitative estimate of drug-likeness (QED) is 0.258. The maximum absolute atomic E-state index is 12.0. The van der Waals surface area contributed by atoms with E-state index in [9.17, 15) is 28.1 Å². The number of nitrogens with zero attached hydrogens (tertiary/aromatic N) is 2. The van der Waals surface area contributed by atoms with Gasteiger partial charge in [0.05, 0.1) is 11.1 Å². The summed E-state index contributed by atoms with van der Waals surface area (Å²) in [6, 6.07) is 0. The molecule has 6 nitrogen and oxygen atoms in total. The lowest BCUT2D eigenvalue weighted by atomic mass is 10.2. The van der Waals surface area contributed by atoms with Gasteiger partial charge in [-0.05, 0) is 34.2 Å². The molecule has 98 valence electrons. The van der Waals surface area contributed by atoms with Crippen molar-refractivity contribution in [3.63, 3.8) is 0 Å². The van der Waals surface area contributed by atoms with E-state index in [0.717, 1.165) is 0 Å². The van der Waals surface area contributed by atoms with Gasteiger partial charge >= 0.3 is 12.0 Å². The van der Waals surface area contributed by atoms with Crippen molar-refractivity contribution in [1.29, 1.82) is 0 Å². The lowest BCUT2D eigenvalue weighted by Gasteiger charge is -2.10. The Kier molecular flexibility index (Phi) is 4.32. The Balaban J connectivity index is 3.49. The molecule has 1 aromatic rings. The van der Waals surface area contributed by atoms with Crippen LogP contribution in [0.5, 0.6) is 5.75 Å². The number of alkyl halides is 3. The highest BCUT2D eigenvalue weighted by molar-refractivity contribution is 14.1. The molecule has 18 heavy (non-hydrogen) atoms. The molecule has 0 N–H and O–H groups in total. The fourth-order valence-electron chi connectivity index (χ4n) is 1.02. The lowest BCUT2D eigenvalue weighted by Crippen LogP contribution is -2.19. The monoisotopic (exact) mass is 396 g/mol. The average molecular weight is 396 g/mol. The molecule has 0 unspecified atom stereocenters. The molecular formula is C7HClF3IN2O4. The van der Waals surface area contributed by atoms with E-state index in [-0.39, 0.29) is 3.70 Å². The Morgan fingerprint density at radius 1 is 1.56 bits per heavy atom. The van der Waals surface area contributed by atoms with Gasteiger partial charge in [-0.1, -0.05) is 0 Å². The Morgan fingerprint density at radius 2 is 2.11 bits per heavy atom. The molecule has 0 aliphatic rings. The lowest BCUT2D eigenvalue weighted by molar-refractivity contribution is -0.389. The largest absolute Gasteiger partial charge is 0.573 e. The smallest absolute Gasteiger partial charge is 0.397 e. The standard InChI is InChI=1S/C7HClF3IN2O4/c8-5(15)3-4(14(16)17)2(1-13-6(3)12)18-7(9,10)11/h1H. The fourth-order valence-corrected chi connectivity index (χ4v) is 1.99. The number of hydrogen-bond donors (Lipinski definition) is 0. The van der Waals surface area contributed by atoms with Crippen molar-refractivity contribution >= 4 is 45.1 Å². The third-order valence-electron chi connectivity index (χ3n) is 1.58. The zero-order chi connectivity index (χ0) is 14.1. The van der Waals surface area contributed by atoms with E-state index in [1.807, 2.05) is 0 Å². The molecule has 0 saturated heterocycles. The predicted molar refractivity (Wildman–Crippen MR) is 60.5 cm³/mol. The summed E-state index contributed by atoms with van der Waals surface area (Å²) in [4.78, 5) is 23.9. The van der Waals surface area contributed by atoms with Gasteiger partial charge in [0, 0.05) is 0 Å². The molecule has 0 spiro atoms. The highest BCUT2D eigenvalue weighted by atomic mass is 127. The number of carbonyl (C=O) groups is 1. The third-order valence-corrected chi connectivity index (χ3v) is 2.58. The molecule has 1 rings (SSSR count). The highest BCUT2D eigenvalue weighted by Gasteiger charge is 2.37. The van der Waals surface area contributed by atoms with E-state index < -0.39 is 33.5 Å². The summed E-state index contributed by atoms with van der Waals surface area (Å²) in [7, 11) is 0. The van der Waals surface area contributed by atoms with Crippen LogP contribution in [0.15, 0.2) is 6.20 Å². The molecular weight excluding hydrogens is 395 g/mol. The van der Waals surface area contributed by atoms with Crippen LogP contribution in [-0.2, 0) is 0 Å². The fraction of sp³-hybridized carbons (Fsp3) is 0.143. The molecule has 0 aliphatic carbocycles. The maximum atomic E-state index is 12.0. The summed E-state index contributed by atoms with van der Waals surface area (Å²) in [5.41, 5.74) is -1.92. The first-order valence-electron chi connectivity index (χ1n) is 3.92. The molecule has 0 amide bonds. The first-order chi connectivity index (χ1) is 8.13. The predicted octanol–water partition coefficient (Wildman–Crippen LogP) is 2.87. The van der Waals surface area contributed by atoms with E-state index in [1.54, 1.807) is 0 Å². The first-order valence-corrected chi connectivity index (χ1v) is 5.37. The summed E-state index contributed by atoms with van der Waals surface area (Å²) in [5, 5.41) is 9.40. The second-order valence-electron chi connectivity index (χ2n) is 2.72. The van der Waals surface area contributed by atoms with Crippen LogP contribution in [0.3, 0.4) is 0 Å². The molecule has 0 saturated carbocycles. The number of ether oxygens (including phenoxy) is 1. The maximum Gasteiger partial charge on any atom is 0.573 e. The summed E-state index contributed by atoms with van der Waals surface area (Å²) in [6.07, 6.45) is -4.65. The van der Waals surface area contributed by atoms with Crippen LogP contribution in [0, 0.1) is 13.8 Å². The van der Waals surface area contributed by atoms with Gasteiger partial charge in [-0.15, -0.1) is 13.2 Å². The number of halogens is 5. The molecule has 0 aliphatic heterocycles. The van der Waals surface area contributed by atoms with Crippen LogP contribution < -0.4 is 4.74 Å². The van der Waals surface area contributed by atoms with Crippen molar-refractivity contribution in [1.82, 2.24) is 4.98 Å². The normalized spacial score (nSPS) is 11.2. The van der Waals surface area contributed by atoms with Crippen molar-refractivity contribution in [3.05, 3.63) is 25.6 Å². The van der Waals surface area contributed by atoms with E-state index >= 15 is 0 Å². The molecule has 1 aromatic heterocycles. The van der Waals surface area contributed by atoms with Gasteiger partial charge in [0.1, 0.15) is 9.26 Å². The summed E-state index contributed by atoms with van der Waals surface area (Å²) < 4.78 is 39.3. The van der Waals surface area contributed by atoms with Gasteiger partial charge in [-0.2, -0.15) is 0 Å². The van der Waals surface area contributed by atoms with Crippen LogP contribution in [-0.4, -0.2) is 21.5 Å². The molecule has 0 bridgehead atoms. The Bertz CT molecular complexity index is 522. The number of rotatable bonds is 3. The van der Waals surface area contributed by atoms with Crippen molar-refractivity contribution in [3.8, 4) is 5.75 Å². The molecule has 0 aromatic carbocycles. The van der Waals surface area contributed by atoms with E-state index in [4.69, 9.17) is 11.6 Å².